The van der Waals surface area contributed by atoms with Crippen LogP contribution >= 0.6 is 11.6 Å². The molecule has 2 heteroatoms. The smallest absolute Gasteiger partial charge is 0.0238 e. The molecule has 0 saturated carbocycles. The summed E-state index contributed by atoms with van der Waals surface area (Å²) in [5, 5.41) is 3.08. The Balaban J connectivity index is 2.83. The molecule has 0 aliphatic heterocycles. The third kappa shape index (κ3) is 4.10. The lowest BCUT2D eigenvalue weighted by molar-refractivity contribution is 0.596. The number of alkyl halides is 1. The molecule has 0 heterocycles. The molecule has 0 aliphatic rings. The molecule has 0 spiro atoms. The predicted octanol–water partition coefficient (Wildman–Crippen LogP) is 1.22. The lowest BCUT2D eigenvalue weighted by atomic mass is 10.3. The van der Waals surface area contributed by atoms with E-state index in [0.29, 0.717) is 6.04 Å². The standard InChI is InChI=1S/C5H12ClN/c1-5(7-2)3-4-6/h5,7H,3-4H2,1-2H3/t5-/m0/s1. The van der Waals surface area contributed by atoms with Crippen LogP contribution in [0.1, 0.15) is 13.3 Å². The first-order valence-electron chi connectivity index (χ1n) is 2.54. The average molecular weight is 122 g/mol. The maximum absolute atomic E-state index is 5.44. The van der Waals surface area contributed by atoms with Crippen LogP contribution in [-0.2, 0) is 0 Å². The van der Waals surface area contributed by atoms with Crippen molar-refractivity contribution >= 4 is 11.6 Å². The second kappa shape index (κ2) is 4.41. The van der Waals surface area contributed by atoms with E-state index in [4.69, 9.17) is 11.6 Å². The van der Waals surface area contributed by atoms with E-state index in [-0.39, 0.29) is 0 Å². The summed E-state index contributed by atoms with van der Waals surface area (Å²) in [5.41, 5.74) is 0. The molecule has 0 aromatic rings. The second-order valence-electron chi connectivity index (χ2n) is 1.67. The molecule has 0 saturated heterocycles. The van der Waals surface area contributed by atoms with Crippen molar-refractivity contribution in [2.45, 2.75) is 19.4 Å². The van der Waals surface area contributed by atoms with E-state index in [9.17, 15) is 0 Å². The van der Waals surface area contributed by atoms with Crippen LogP contribution < -0.4 is 5.32 Å². The van der Waals surface area contributed by atoms with Crippen molar-refractivity contribution in [3.8, 4) is 0 Å². The van der Waals surface area contributed by atoms with Crippen LogP contribution in [0.25, 0.3) is 0 Å². The largest absolute Gasteiger partial charge is 0.317 e. The van der Waals surface area contributed by atoms with Gasteiger partial charge in [0.05, 0.1) is 0 Å². The van der Waals surface area contributed by atoms with Crippen LogP contribution in [-0.4, -0.2) is 19.0 Å². The number of nitrogens with one attached hydrogen (secondary N) is 1. The van der Waals surface area contributed by atoms with Crippen LogP contribution in [0, 0.1) is 0 Å². The van der Waals surface area contributed by atoms with Crippen LogP contribution in [0.15, 0.2) is 0 Å². The van der Waals surface area contributed by atoms with Crippen molar-refractivity contribution in [1.82, 2.24) is 5.32 Å². The Morgan fingerprint density at radius 2 is 2.29 bits per heavy atom. The third-order valence-electron chi connectivity index (χ3n) is 1.03. The summed E-state index contributed by atoms with van der Waals surface area (Å²) in [7, 11) is 1.94. The molecule has 44 valence electrons. The van der Waals surface area contributed by atoms with Crippen molar-refractivity contribution in [3.05, 3.63) is 0 Å². The summed E-state index contributed by atoms with van der Waals surface area (Å²) in [6, 6.07) is 0.567. The molecule has 0 aromatic heterocycles. The average Bonchev–Trinajstić information content (AvgIpc) is 1.68. The third-order valence-corrected chi connectivity index (χ3v) is 1.25. The number of hydrogen-bond donors (Lipinski definition) is 1. The van der Waals surface area contributed by atoms with E-state index < -0.39 is 0 Å². The Morgan fingerprint density at radius 1 is 1.71 bits per heavy atom. The second-order valence-corrected chi connectivity index (χ2v) is 2.05. The first-order chi connectivity index (χ1) is 3.31. The Morgan fingerprint density at radius 3 is 2.43 bits per heavy atom. The van der Waals surface area contributed by atoms with Gasteiger partial charge >= 0.3 is 0 Å². The van der Waals surface area contributed by atoms with Crippen molar-refractivity contribution < 1.29 is 0 Å². The van der Waals surface area contributed by atoms with E-state index in [0.717, 1.165) is 12.3 Å². The van der Waals surface area contributed by atoms with E-state index in [1.165, 1.54) is 0 Å². The van der Waals surface area contributed by atoms with Crippen molar-refractivity contribution in [3.63, 3.8) is 0 Å². The number of rotatable bonds is 3. The first kappa shape index (κ1) is 7.25. The molecule has 0 fully saturated rings. The van der Waals surface area contributed by atoms with Crippen LogP contribution in [0.4, 0.5) is 0 Å². The van der Waals surface area contributed by atoms with Gasteiger partial charge < -0.3 is 5.32 Å². The summed E-state index contributed by atoms with van der Waals surface area (Å²) >= 11 is 5.44. The maximum Gasteiger partial charge on any atom is 0.0238 e. The van der Waals surface area contributed by atoms with Gasteiger partial charge in [0, 0.05) is 11.9 Å². The van der Waals surface area contributed by atoms with Gasteiger partial charge in [0.1, 0.15) is 0 Å². The SMILES string of the molecule is CN[C@@H](C)CCCl. The highest BCUT2D eigenvalue weighted by Crippen LogP contribution is 1.89. The molecular weight excluding hydrogens is 110 g/mol. The van der Waals surface area contributed by atoms with Gasteiger partial charge in [-0.15, -0.1) is 11.6 Å². The summed E-state index contributed by atoms with van der Waals surface area (Å²) in [4.78, 5) is 0. The van der Waals surface area contributed by atoms with Crippen molar-refractivity contribution in [1.29, 1.82) is 0 Å². The molecule has 0 unspecified atom stereocenters. The minimum absolute atomic E-state index is 0.567. The molecule has 0 aliphatic carbocycles. The van der Waals surface area contributed by atoms with Crippen molar-refractivity contribution in [2.75, 3.05) is 12.9 Å². The minimum atomic E-state index is 0.567. The number of halogens is 1. The fraction of sp³-hybridized carbons (Fsp3) is 1.00. The Labute approximate surface area is 50.1 Å². The monoisotopic (exact) mass is 121 g/mol. The fourth-order valence-corrected chi connectivity index (χ4v) is 0.635. The van der Waals surface area contributed by atoms with Crippen molar-refractivity contribution in [2.24, 2.45) is 0 Å². The zero-order valence-electron chi connectivity index (χ0n) is 4.87. The van der Waals surface area contributed by atoms with Gasteiger partial charge in [0.2, 0.25) is 0 Å². The molecule has 1 atom stereocenters. The summed E-state index contributed by atoms with van der Waals surface area (Å²) < 4.78 is 0. The minimum Gasteiger partial charge on any atom is -0.317 e. The summed E-state index contributed by atoms with van der Waals surface area (Å²) in [6.07, 6.45) is 1.05. The summed E-state index contributed by atoms with van der Waals surface area (Å²) in [5.74, 6) is 0.752. The topological polar surface area (TPSA) is 12.0 Å². The van der Waals surface area contributed by atoms with E-state index in [2.05, 4.69) is 12.2 Å². The quantitative estimate of drug-likeness (QED) is 0.554. The molecule has 0 bridgehead atoms. The lowest BCUT2D eigenvalue weighted by Crippen LogP contribution is -2.21. The zero-order chi connectivity index (χ0) is 5.70. The molecule has 1 N–H and O–H groups in total. The Hall–Kier alpha value is 0.250. The highest BCUT2D eigenvalue weighted by molar-refractivity contribution is 6.17. The molecule has 7 heavy (non-hydrogen) atoms. The van der Waals surface area contributed by atoms with Gasteiger partial charge in [-0.25, -0.2) is 0 Å². The van der Waals surface area contributed by atoms with Crippen LogP contribution in [0.5, 0.6) is 0 Å². The molecule has 0 aromatic carbocycles. The fourth-order valence-electron chi connectivity index (χ4n) is 0.308. The molecular formula is C5H12ClN. The van der Waals surface area contributed by atoms with Crippen LogP contribution in [0.3, 0.4) is 0 Å². The highest BCUT2D eigenvalue weighted by Gasteiger charge is 1.92. The lowest BCUT2D eigenvalue weighted by Gasteiger charge is -2.04. The van der Waals surface area contributed by atoms with Crippen LogP contribution in [0.2, 0.25) is 0 Å². The zero-order valence-corrected chi connectivity index (χ0v) is 5.63. The highest BCUT2D eigenvalue weighted by atomic mass is 35.5. The molecule has 0 radical (unpaired) electrons. The first-order valence-corrected chi connectivity index (χ1v) is 3.08. The predicted molar refractivity (Wildman–Crippen MR) is 33.9 cm³/mol. The summed E-state index contributed by atoms with van der Waals surface area (Å²) in [6.45, 7) is 2.11. The molecule has 0 rings (SSSR count). The Kier molecular flexibility index (Phi) is 4.57. The van der Waals surface area contributed by atoms with Gasteiger partial charge in [0.15, 0.2) is 0 Å². The van der Waals surface area contributed by atoms with Gasteiger partial charge in [0.25, 0.3) is 0 Å². The van der Waals surface area contributed by atoms with Gasteiger partial charge in [-0.3, -0.25) is 0 Å². The van der Waals surface area contributed by atoms with Gasteiger partial charge in [-0.05, 0) is 20.4 Å². The molecule has 0 amide bonds. The van der Waals surface area contributed by atoms with E-state index in [1.54, 1.807) is 0 Å². The van der Waals surface area contributed by atoms with Gasteiger partial charge in [-0.1, -0.05) is 0 Å². The molecule has 1 nitrogen and oxygen atoms in total. The van der Waals surface area contributed by atoms with E-state index >= 15 is 0 Å². The maximum atomic E-state index is 5.44. The Bertz CT molecular complexity index is 39.1. The number of hydrogen-bond acceptors (Lipinski definition) is 1. The normalized spacial score (nSPS) is 14.1. The van der Waals surface area contributed by atoms with E-state index in [1.807, 2.05) is 7.05 Å². The van der Waals surface area contributed by atoms with Gasteiger partial charge in [-0.2, -0.15) is 0 Å².